The van der Waals surface area contributed by atoms with Crippen molar-refractivity contribution in [2.45, 2.75) is 30.0 Å². The van der Waals surface area contributed by atoms with Crippen LogP contribution in [0.15, 0.2) is 132 Å². The highest BCUT2D eigenvalue weighted by molar-refractivity contribution is 8.00. The predicted octanol–water partition coefficient (Wildman–Crippen LogP) is 6.57. The lowest BCUT2D eigenvalue weighted by atomic mass is 9.77. The predicted molar refractivity (Wildman–Crippen MR) is 217 cm³/mol. The van der Waals surface area contributed by atoms with Crippen LogP contribution in [-0.4, -0.2) is 80.9 Å². The van der Waals surface area contributed by atoms with Gasteiger partial charge in [0.15, 0.2) is 6.61 Å². The number of fused-ring (bicyclic) bond motifs is 1. The van der Waals surface area contributed by atoms with Gasteiger partial charge in [-0.3, -0.25) is 14.5 Å². The Morgan fingerprint density at radius 2 is 1.55 bits per heavy atom. The Hall–Kier alpha value is -5.84. The smallest absolute Gasteiger partial charge is 0.355 e. The molecule has 58 heavy (non-hydrogen) atoms. The number of rotatable bonds is 16. The molecule has 3 heterocycles. The number of oxime groups is 1. The summed E-state index contributed by atoms with van der Waals surface area (Å²) in [6.45, 7) is -1.17. The van der Waals surface area contributed by atoms with Gasteiger partial charge in [-0.15, -0.1) is 23.4 Å². The van der Waals surface area contributed by atoms with Crippen molar-refractivity contribution < 1.29 is 37.5 Å². The molecule has 298 valence electrons. The summed E-state index contributed by atoms with van der Waals surface area (Å²) in [7, 11) is 1.54. The highest BCUT2D eigenvalue weighted by atomic mass is 35.5. The number of benzene rings is 4. The van der Waals surface area contributed by atoms with Crippen LogP contribution in [0.5, 0.6) is 5.75 Å². The third-order valence-electron chi connectivity index (χ3n) is 9.34. The Labute approximate surface area is 345 Å². The van der Waals surface area contributed by atoms with E-state index >= 15 is 0 Å². The van der Waals surface area contributed by atoms with Crippen LogP contribution in [0.4, 0.5) is 13.9 Å². The number of amides is 2. The lowest BCUT2D eigenvalue weighted by Gasteiger charge is -2.49. The van der Waals surface area contributed by atoms with E-state index in [2.05, 4.69) is 25.1 Å². The molecule has 0 spiro atoms. The van der Waals surface area contributed by atoms with Crippen LogP contribution in [0, 0.1) is 0 Å². The Kier molecular flexibility index (Phi) is 12.6. The van der Waals surface area contributed by atoms with Crippen molar-refractivity contribution in [3.8, 4) is 5.75 Å². The summed E-state index contributed by atoms with van der Waals surface area (Å²) < 4.78 is 41.5. The summed E-state index contributed by atoms with van der Waals surface area (Å²) in [6, 6.07) is 35.0. The Morgan fingerprint density at radius 3 is 2.10 bits per heavy atom. The van der Waals surface area contributed by atoms with Crippen molar-refractivity contribution in [1.82, 2.24) is 19.6 Å². The number of thioether (sulfide) groups is 1. The third kappa shape index (κ3) is 8.40. The number of aromatic nitrogens is 2. The number of nitrogens with one attached hydrogen (secondary N) is 2. The van der Waals surface area contributed by atoms with Crippen molar-refractivity contribution in [3.63, 3.8) is 0 Å². The van der Waals surface area contributed by atoms with Gasteiger partial charge in [0.25, 0.3) is 18.2 Å². The molecule has 2 aliphatic heterocycles. The van der Waals surface area contributed by atoms with Crippen LogP contribution in [0.1, 0.15) is 28.1 Å². The fourth-order valence-corrected chi connectivity index (χ4v) is 8.88. The molecule has 0 aliphatic carbocycles. The van der Waals surface area contributed by atoms with Gasteiger partial charge in [-0.1, -0.05) is 108 Å². The fourth-order valence-electron chi connectivity index (χ4n) is 6.58. The lowest BCUT2D eigenvalue weighted by molar-refractivity contribution is -0.153. The molecule has 0 saturated carbocycles. The lowest BCUT2D eigenvalue weighted by Crippen LogP contribution is -2.71. The van der Waals surface area contributed by atoms with Gasteiger partial charge in [0.05, 0.1) is 7.11 Å². The van der Waals surface area contributed by atoms with E-state index < -0.39 is 53.5 Å². The first-order valence-corrected chi connectivity index (χ1v) is 20.2. The molecule has 2 N–H and O–H groups in total. The molecule has 17 heteroatoms. The van der Waals surface area contributed by atoms with Crippen molar-refractivity contribution in [2.75, 3.05) is 30.7 Å². The largest absolute Gasteiger partial charge is 0.497 e. The van der Waals surface area contributed by atoms with E-state index in [1.807, 2.05) is 91.0 Å². The van der Waals surface area contributed by atoms with E-state index in [1.165, 1.54) is 16.7 Å². The molecule has 0 unspecified atom stereocenters. The van der Waals surface area contributed by atoms with Crippen LogP contribution in [-0.2, 0) is 36.1 Å². The number of carbonyl (C=O) groups is 3. The normalized spacial score (nSPS) is 16.7. The number of nitrogens with zero attached hydrogens (tertiary/aromatic N) is 4. The minimum Gasteiger partial charge on any atom is -0.497 e. The van der Waals surface area contributed by atoms with E-state index in [0.717, 1.165) is 28.2 Å². The zero-order valence-electron chi connectivity index (χ0n) is 30.7. The number of alkyl halides is 3. The van der Waals surface area contributed by atoms with E-state index in [4.69, 9.17) is 25.9 Å². The standard InChI is InChI=1S/C41H35ClF2N6O6S2/c1-54-30-19-17-25(18-20-30)22-55-39(53)34-26(21-42)24-57-38-33(37(52)50(34)38)45-36(51)32(48-56-23-31(43)44)35-46-40(58-49-35)47-41(27-11-5-2-6-12-27,28-13-7-3-8-14-28)29-15-9-4-10-16-29/h2-20,31,33,38H,21-24H2,1H3,(H,45,51)(H,46,47,49)/b48-32-/t33-,38-/m1/s1. The average Bonchev–Trinajstić information content (AvgIpc) is 3.73. The van der Waals surface area contributed by atoms with Crippen molar-refractivity contribution >= 4 is 63.5 Å². The molecular formula is C41H35ClF2N6O6S2. The molecule has 2 amide bonds. The fraction of sp³-hybridized carbons (Fsp3) is 0.220. The molecule has 12 nitrogen and oxygen atoms in total. The summed E-state index contributed by atoms with van der Waals surface area (Å²) in [6.07, 6.45) is -2.89. The first-order valence-electron chi connectivity index (χ1n) is 17.8. The van der Waals surface area contributed by atoms with Gasteiger partial charge in [-0.25, -0.2) is 13.6 Å². The molecular weight excluding hydrogens is 810 g/mol. The summed E-state index contributed by atoms with van der Waals surface area (Å²) in [4.78, 5) is 51.7. The Balaban J connectivity index is 1.13. The maximum Gasteiger partial charge on any atom is 0.355 e. The van der Waals surface area contributed by atoms with Crippen LogP contribution in [0.2, 0.25) is 0 Å². The minimum absolute atomic E-state index is 0.00698. The Morgan fingerprint density at radius 1 is 0.948 bits per heavy atom. The second kappa shape index (κ2) is 18.2. The number of ether oxygens (including phenoxy) is 2. The number of hydrogen-bond donors (Lipinski definition) is 2. The van der Waals surface area contributed by atoms with E-state index in [9.17, 15) is 23.2 Å². The topological polar surface area (TPSA) is 144 Å². The monoisotopic (exact) mass is 844 g/mol. The molecule has 1 saturated heterocycles. The van der Waals surface area contributed by atoms with Crippen LogP contribution >= 0.6 is 34.9 Å². The number of halogens is 3. The quantitative estimate of drug-likeness (QED) is 0.0280. The first kappa shape index (κ1) is 40.4. The van der Waals surface area contributed by atoms with Gasteiger partial charge in [-0.2, -0.15) is 9.36 Å². The van der Waals surface area contributed by atoms with Gasteiger partial charge in [-0.05, 0) is 40.0 Å². The third-order valence-corrected chi connectivity index (χ3v) is 11.6. The molecule has 1 aromatic heterocycles. The highest BCUT2D eigenvalue weighted by Crippen LogP contribution is 2.42. The van der Waals surface area contributed by atoms with Gasteiger partial charge < -0.3 is 24.9 Å². The van der Waals surface area contributed by atoms with E-state index in [0.29, 0.717) is 16.9 Å². The van der Waals surface area contributed by atoms with Crippen molar-refractivity contribution in [1.29, 1.82) is 0 Å². The molecule has 4 aromatic carbocycles. The van der Waals surface area contributed by atoms with Gasteiger partial charge in [0.1, 0.15) is 35.0 Å². The summed E-state index contributed by atoms with van der Waals surface area (Å²) in [5.41, 5.74) is 2.32. The first-order chi connectivity index (χ1) is 28.2. The van der Waals surface area contributed by atoms with Gasteiger partial charge >= 0.3 is 5.97 Å². The molecule has 2 atom stereocenters. The summed E-state index contributed by atoms with van der Waals surface area (Å²) >= 11 is 8.41. The molecule has 5 aromatic rings. The highest BCUT2D eigenvalue weighted by Gasteiger charge is 2.54. The molecule has 7 rings (SSSR count). The van der Waals surface area contributed by atoms with Crippen LogP contribution in [0.25, 0.3) is 0 Å². The second-order valence-electron chi connectivity index (χ2n) is 12.9. The van der Waals surface area contributed by atoms with Crippen molar-refractivity contribution in [3.05, 3.63) is 155 Å². The molecule has 0 bridgehead atoms. The zero-order chi connectivity index (χ0) is 40.6. The summed E-state index contributed by atoms with van der Waals surface area (Å²) in [5.74, 6) is -1.64. The average molecular weight is 845 g/mol. The second-order valence-corrected chi connectivity index (χ2v) is 15.0. The molecule has 0 radical (unpaired) electrons. The van der Waals surface area contributed by atoms with E-state index in [-0.39, 0.29) is 34.9 Å². The van der Waals surface area contributed by atoms with E-state index in [1.54, 1.807) is 31.4 Å². The van der Waals surface area contributed by atoms with Gasteiger partial charge in [0.2, 0.25) is 16.7 Å². The Bertz CT molecular complexity index is 2210. The number of hydrogen-bond acceptors (Lipinski definition) is 12. The number of anilines is 1. The number of β-lactam (4-membered cyclic amide) rings is 1. The maximum absolute atomic E-state index is 13.9. The minimum atomic E-state index is -2.89. The van der Waals surface area contributed by atoms with Gasteiger partial charge in [0, 0.05) is 23.2 Å². The number of carbonyl (C=O) groups excluding carboxylic acids is 3. The van der Waals surface area contributed by atoms with Crippen LogP contribution in [0.3, 0.4) is 0 Å². The van der Waals surface area contributed by atoms with Crippen molar-refractivity contribution in [2.24, 2.45) is 5.16 Å². The summed E-state index contributed by atoms with van der Waals surface area (Å²) in [5, 5.41) is 9.48. The number of methoxy groups -OCH3 is 1. The zero-order valence-corrected chi connectivity index (χ0v) is 33.1. The molecule has 2 aliphatic rings. The maximum atomic E-state index is 13.9. The van der Waals surface area contributed by atoms with Crippen LogP contribution < -0.4 is 15.4 Å². The number of esters is 1. The molecule has 1 fully saturated rings. The SMILES string of the molecule is COc1ccc(COC(=O)C2=C(CCl)CS[C@@H]3[C@H](NC(=O)/C(=N\OCC(F)F)c4nsc(NC(c5ccccc5)(c5ccccc5)c5ccccc5)n4)C(=O)N23)cc1.